The summed E-state index contributed by atoms with van der Waals surface area (Å²) in [7, 11) is 0. The molecule has 0 unspecified atom stereocenters. The molecule has 4 heterocycles. The molecule has 0 aliphatic heterocycles. The highest BCUT2D eigenvalue weighted by Gasteiger charge is 2.46. The van der Waals surface area contributed by atoms with Gasteiger partial charge in [0.05, 0.1) is 17.3 Å². The summed E-state index contributed by atoms with van der Waals surface area (Å²) < 4.78 is 66.0. The van der Waals surface area contributed by atoms with Crippen molar-refractivity contribution in [2.75, 3.05) is 5.32 Å². The van der Waals surface area contributed by atoms with Gasteiger partial charge in [-0.15, -0.1) is 0 Å². The van der Waals surface area contributed by atoms with Crippen LogP contribution in [0.25, 0.3) is 27.7 Å². The quantitative estimate of drug-likeness (QED) is 0.373. The fraction of sp³-hybridized carbons (Fsp3) is 0.333. The second-order valence-electron chi connectivity index (χ2n) is 8.30. The summed E-state index contributed by atoms with van der Waals surface area (Å²) in [5.74, 6) is -3.41. The second-order valence-corrected chi connectivity index (χ2v) is 8.30. The Labute approximate surface area is 188 Å². The fourth-order valence-electron chi connectivity index (χ4n) is 3.84. The average Bonchev–Trinajstić information content (AvgIpc) is 3.35. The van der Waals surface area contributed by atoms with Gasteiger partial charge in [0, 0.05) is 48.4 Å². The highest BCUT2D eigenvalue weighted by molar-refractivity contribution is 6.02. The van der Waals surface area contributed by atoms with Crippen LogP contribution >= 0.6 is 0 Å². The predicted octanol–water partition coefficient (Wildman–Crippen LogP) is 4.16. The number of rotatable bonds is 5. The number of aromatic nitrogens is 5. The summed E-state index contributed by atoms with van der Waals surface area (Å²) in [5, 5.41) is 9.53. The van der Waals surface area contributed by atoms with Crippen LogP contribution in [0, 0.1) is 0 Å². The van der Waals surface area contributed by atoms with Crippen LogP contribution in [0.2, 0.25) is 0 Å². The van der Waals surface area contributed by atoms with Crippen molar-refractivity contribution in [3.05, 3.63) is 42.5 Å². The van der Waals surface area contributed by atoms with Crippen LogP contribution in [0.3, 0.4) is 0 Å². The fourth-order valence-corrected chi connectivity index (χ4v) is 3.84. The monoisotopic (exact) mass is 479 g/mol. The topological polar surface area (TPSA) is 100 Å². The van der Waals surface area contributed by atoms with Crippen molar-refractivity contribution >= 4 is 28.4 Å². The summed E-state index contributed by atoms with van der Waals surface area (Å²) in [4.78, 5) is 23.6. The minimum absolute atomic E-state index is 0.169. The summed E-state index contributed by atoms with van der Waals surface area (Å²) in [6.07, 6.45) is 0.819. The van der Waals surface area contributed by atoms with Gasteiger partial charge < -0.3 is 15.6 Å². The van der Waals surface area contributed by atoms with Crippen LogP contribution in [0.4, 0.5) is 27.9 Å². The summed E-state index contributed by atoms with van der Waals surface area (Å²) in [5.41, 5.74) is 2.38. The van der Waals surface area contributed by atoms with Gasteiger partial charge in [-0.25, -0.2) is 18.3 Å². The molecule has 0 saturated heterocycles. The molecule has 1 aliphatic carbocycles. The maximum atomic E-state index is 13.1. The minimum Gasteiger partial charge on any atom is -0.349 e. The van der Waals surface area contributed by atoms with Crippen LogP contribution in [-0.2, 0) is 0 Å². The zero-order valence-corrected chi connectivity index (χ0v) is 17.6. The first kappa shape index (κ1) is 22.0. The van der Waals surface area contributed by atoms with E-state index < -0.39 is 42.9 Å². The molecule has 1 saturated carbocycles. The number of amides is 1. The molecule has 0 radical (unpaired) electrons. The molecule has 5 rings (SSSR count). The Morgan fingerprint density at radius 1 is 1.29 bits per heavy atom. The highest BCUT2D eigenvalue weighted by atomic mass is 19.4. The number of carbonyl (C=O) groups excluding carboxylic acids is 1. The lowest BCUT2D eigenvalue weighted by Gasteiger charge is -2.35. The van der Waals surface area contributed by atoms with Gasteiger partial charge in [-0.2, -0.15) is 23.3 Å². The van der Waals surface area contributed by atoms with E-state index in [-0.39, 0.29) is 11.5 Å². The van der Waals surface area contributed by atoms with Gasteiger partial charge in [-0.05, 0) is 24.6 Å². The van der Waals surface area contributed by atoms with Crippen molar-refractivity contribution in [3.8, 4) is 11.1 Å². The molecule has 0 bridgehead atoms. The third-order valence-corrected chi connectivity index (χ3v) is 5.77. The number of fused-ring (bicyclic) bond motifs is 2. The number of halogens is 5. The molecule has 178 valence electrons. The van der Waals surface area contributed by atoms with Gasteiger partial charge >= 0.3 is 6.18 Å². The van der Waals surface area contributed by atoms with Crippen molar-refractivity contribution in [1.82, 2.24) is 29.9 Å². The highest BCUT2D eigenvalue weighted by Crippen LogP contribution is 2.37. The predicted molar refractivity (Wildman–Crippen MR) is 113 cm³/mol. The standard InChI is InChI=1S/C21H18F5N7O/c1-10(21(24,25)26)30-19-28-8-14-13(7-27-17(14)32-19)11-2-3-33-16(4-11)15(9-29-33)18(34)31-12-5-20(22,23)6-12/h2-4,7-10,12H,5-6H2,1H3,(H,31,34)(H2,27,28,30,32)/t10-/m1/s1. The number of anilines is 1. The number of hydrogen-bond donors (Lipinski definition) is 3. The number of aromatic amines is 1. The van der Waals surface area contributed by atoms with E-state index in [0.717, 1.165) is 6.92 Å². The van der Waals surface area contributed by atoms with Crippen LogP contribution in [0.1, 0.15) is 30.1 Å². The molecule has 1 atom stereocenters. The molecule has 8 nitrogen and oxygen atoms in total. The third kappa shape index (κ3) is 4.01. The molecule has 34 heavy (non-hydrogen) atoms. The smallest absolute Gasteiger partial charge is 0.349 e. The average molecular weight is 479 g/mol. The number of hydrogen-bond acceptors (Lipinski definition) is 5. The summed E-state index contributed by atoms with van der Waals surface area (Å²) in [6, 6.07) is 1.04. The normalized spacial score (nSPS) is 17.0. The number of pyridine rings is 1. The Morgan fingerprint density at radius 2 is 2.06 bits per heavy atom. The summed E-state index contributed by atoms with van der Waals surface area (Å²) >= 11 is 0. The summed E-state index contributed by atoms with van der Waals surface area (Å²) in [6.45, 7) is 0.971. The molecular weight excluding hydrogens is 461 g/mol. The molecule has 3 N–H and O–H groups in total. The van der Waals surface area contributed by atoms with E-state index in [2.05, 4.69) is 30.7 Å². The third-order valence-electron chi connectivity index (χ3n) is 5.77. The first-order valence-electron chi connectivity index (χ1n) is 10.3. The Balaban J connectivity index is 1.42. The van der Waals surface area contributed by atoms with Gasteiger partial charge in [-0.1, -0.05) is 0 Å². The number of H-pyrrole nitrogens is 1. The van der Waals surface area contributed by atoms with Crippen LogP contribution in [-0.4, -0.2) is 54.7 Å². The molecular formula is C21H18F5N7O. The Morgan fingerprint density at radius 3 is 2.76 bits per heavy atom. The van der Waals surface area contributed by atoms with E-state index in [9.17, 15) is 26.7 Å². The van der Waals surface area contributed by atoms with Crippen LogP contribution in [0.15, 0.2) is 36.9 Å². The molecule has 4 aromatic rings. The molecule has 1 fully saturated rings. The molecule has 1 amide bonds. The maximum Gasteiger partial charge on any atom is 0.408 e. The largest absolute Gasteiger partial charge is 0.408 e. The van der Waals surface area contributed by atoms with Crippen LogP contribution < -0.4 is 10.6 Å². The Bertz CT molecular complexity index is 1390. The SMILES string of the molecule is C[C@@H](Nc1ncc2c(-c3ccn4ncc(C(=O)NC5CC(F)(F)C5)c4c3)c[nH]c2n1)C(F)(F)F. The molecule has 0 aromatic carbocycles. The van der Waals surface area contributed by atoms with E-state index in [0.29, 0.717) is 27.7 Å². The molecule has 13 heteroatoms. The number of alkyl halides is 5. The van der Waals surface area contributed by atoms with Crippen molar-refractivity contribution in [2.45, 2.75) is 43.9 Å². The minimum atomic E-state index is -4.44. The Hall–Kier alpha value is -3.77. The van der Waals surface area contributed by atoms with Gasteiger partial charge in [0.15, 0.2) is 0 Å². The number of carbonyl (C=O) groups is 1. The van der Waals surface area contributed by atoms with E-state index in [4.69, 9.17) is 0 Å². The lowest BCUT2D eigenvalue weighted by molar-refractivity contribution is -0.138. The maximum absolute atomic E-state index is 13.1. The number of nitrogens with zero attached hydrogens (tertiary/aromatic N) is 4. The molecule has 0 spiro atoms. The van der Waals surface area contributed by atoms with Gasteiger partial charge in [0.2, 0.25) is 5.95 Å². The van der Waals surface area contributed by atoms with E-state index >= 15 is 0 Å². The zero-order chi connectivity index (χ0) is 24.3. The van der Waals surface area contributed by atoms with Gasteiger partial charge in [0.25, 0.3) is 11.8 Å². The van der Waals surface area contributed by atoms with Crippen molar-refractivity contribution in [3.63, 3.8) is 0 Å². The van der Waals surface area contributed by atoms with E-state index in [1.165, 1.54) is 16.9 Å². The van der Waals surface area contributed by atoms with E-state index in [1.807, 2.05) is 0 Å². The molecule has 4 aromatic heterocycles. The van der Waals surface area contributed by atoms with Gasteiger partial charge in [0.1, 0.15) is 11.7 Å². The van der Waals surface area contributed by atoms with Crippen LogP contribution in [0.5, 0.6) is 0 Å². The van der Waals surface area contributed by atoms with E-state index in [1.54, 1.807) is 24.5 Å². The lowest BCUT2D eigenvalue weighted by atomic mass is 9.88. The van der Waals surface area contributed by atoms with Crippen molar-refractivity contribution in [2.24, 2.45) is 0 Å². The molecule has 1 aliphatic rings. The number of nitrogens with one attached hydrogen (secondary N) is 3. The second kappa shape index (κ2) is 7.64. The zero-order valence-electron chi connectivity index (χ0n) is 17.6. The first-order valence-corrected chi connectivity index (χ1v) is 10.3. The Kier molecular flexibility index (Phi) is 4.95. The van der Waals surface area contributed by atoms with Gasteiger partial charge in [-0.3, -0.25) is 4.79 Å². The van der Waals surface area contributed by atoms with Crippen molar-refractivity contribution in [1.29, 1.82) is 0 Å². The lowest BCUT2D eigenvalue weighted by Crippen LogP contribution is -2.50. The van der Waals surface area contributed by atoms with Crippen molar-refractivity contribution < 1.29 is 26.7 Å². The first-order chi connectivity index (χ1) is 16.0.